The van der Waals surface area contributed by atoms with Crippen LogP contribution in [0.1, 0.15) is 18.2 Å². The van der Waals surface area contributed by atoms with Gasteiger partial charge in [-0.15, -0.1) is 23.1 Å². The van der Waals surface area contributed by atoms with Crippen LogP contribution in [-0.4, -0.2) is 22.6 Å². The van der Waals surface area contributed by atoms with Crippen molar-refractivity contribution in [3.63, 3.8) is 0 Å². The maximum Gasteiger partial charge on any atom is 0.219 e. The second kappa shape index (κ2) is 5.55. The third-order valence-electron chi connectivity index (χ3n) is 2.56. The summed E-state index contributed by atoms with van der Waals surface area (Å²) in [6.07, 6.45) is 3.26. The van der Waals surface area contributed by atoms with Gasteiger partial charge in [0.25, 0.3) is 0 Å². The minimum Gasteiger partial charge on any atom is -0.337 e. The molecule has 1 aromatic rings. The van der Waals surface area contributed by atoms with E-state index in [9.17, 15) is 4.79 Å². The Bertz CT molecular complexity index is 364. The number of allylic oxidation sites excluding steroid dienone is 1. The number of nitrogens with zero attached hydrogens (tertiary/aromatic N) is 1. The first kappa shape index (κ1) is 11.7. The molecule has 0 fully saturated rings. The number of hydrogen-bond acceptors (Lipinski definition) is 3. The topological polar surface area (TPSA) is 20.3 Å². The van der Waals surface area contributed by atoms with E-state index in [1.54, 1.807) is 18.3 Å². The zero-order chi connectivity index (χ0) is 11.4. The molecule has 4 heteroatoms. The van der Waals surface area contributed by atoms with Crippen molar-refractivity contribution in [2.24, 2.45) is 0 Å². The summed E-state index contributed by atoms with van der Waals surface area (Å²) < 4.78 is 0. The lowest BCUT2D eigenvalue weighted by atomic mass is 10.2. The molecule has 16 heavy (non-hydrogen) atoms. The lowest BCUT2D eigenvalue weighted by Crippen LogP contribution is -2.33. The smallest absolute Gasteiger partial charge is 0.219 e. The Balaban J connectivity index is 1.92. The van der Waals surface area contributed by atoms with E-state index >= 15 is 0 Å². The van der Waals surface area contributed by atoms with Gasteiger partial charge in [-0.05, 0) is 23.3 Å². The molecule has 2 rings (SSSR count). The maximum absolute atomic E-state index is 11.6. The van der Waals surface area contributed by atoms with Gasteiger partial charge >= 0.3 is 0 Å². The second-order valence-electron chi connectivity index (χ2n) is 3.84. The molecule has 0 aliphatic carbocycles. The van der Waals surface area contributed by atoms with Gasteiger partial charge in [0.2, 0.25) is 5.91 Å². The van der Waals surface area contributed by atoms with Crippen molar-refractivity contribution < 1.29 is 4.79 Å². The van der Waals surface area contributed by atoms with Gasteiger partial charge in [0.05, 0.1) is 6.54 Å². The zero-order valence-electron chi connectivity index (χ0n) is 9.26. The van der Waals surface area contributed by atoms with Crippen molar-refractivity contribution in [3.05, 3.63) is 33.9 Å². The summed E-state index contributed by atoms with van der Waals surface area (Å²) in [6, 6.07) is 4.12. The first-order valence-electron chi connectivity index (χ1n) is 5.34. The van der Waals surface area contributed by atoms with Crippen LogP contribution in [0.2, 0.25) is 0 Å². The van der Waals surface area contributed by atoms with Gasteiger partial charge in [-0.1, -0.05) is 12.1 Å². The summed E-state index contributed by atoms with van der Waals surface area (Å²) in [7, 11) is 0. The largest absolute Gasteiger partial charge is 0.337 e. The van der Waals surface area contributed by atoms with E-state index in [1.165, 1.54) is 4.88 Å². The second-order valence-corrected chi connectivity index (χ2v) is 6.09. The maximum atomic E-state index is 11.6. The van der Waals surface area contributed by atoms with E-state index in [-0.39, 0.29) is 5.91 Å². The summed E-state index contributed by atoms with van der Waals surface area (Å²) in [5, 5.41) is 4.73. The summed E-state index contributed by atoms with van der Waals surface area (Å²) in [4.78, 5) is 14.8. The molecule has 86 valence electrons. The monoisotopic (exact) mass is 253 g/mol. The van der Waals surface area contributed by atoms with Gasteiger partial charge in [0.15, 0.2) is 0 Å². The van der Waals surface area contributed by atoms with E-state index in [0.29, 0.717) is 5.25 Å². The minimum absolute atomic E-state index is 0.168. The standard InChI is InChI=1S/C12H15NOS2/c1-10(14)13(8-11-4-2-6-15-11)9-12-5-3-7-16-12/h2-4,6-7,12H,5,8-9H2,1H3. The van der Waals surface area contributed by atoms with Crippen molar-refractivity contribution in [3.8, 4) is 0 Å². The van der Waals surface area contributed by atoms with E-state index < -0.39 is 0 Å². The van der Waals surface area contributed by atoms with Gasteiger partial charge in [0.1, 0.15) is 0 Å². The molecule has 1 aliphatic rings. The molecular formula is C12H15NOS2. The predicted octanol–water partition coefficient (Wildman–Crippen LogP) is 3.12. The Hall–Kier alpha value is -0.740. The van der Waals surface area contributed by atoms with E-state index in [0.717, 1.165) is 19.5 Å². The number of amides is 1. The highest BCUT2D eigenvalue weighted by atomic mass is 32.2. The Labute approximate surface area is 104 Å². The van der Waals surface area contributed by atoms with Gasteiger partial charge < -0.3 is 4.90 Å². The molecule has 0 aromatic carbocycles. The van der Waals surface area contributed by atoms with Crippen LogP contribution in [0.5, 0.6) is 0 Å². The predicted molar refractivity (Wildman–Crippen MR) is 70.5 cm³/mol. The highest BCUT2D eigenvalue weighted by Crippen LogP contribution is 2.25. The zero-order valence-corrected chi connectivity index (χ0v) is 10.9. The molecule has 0 radical (unpaired) electrons. The van der Waals surface area contributed by atoms with Gasteiger partial charge in [-0.25, -0.2) is 0 Å². The van der Waals surface area contributed by atoms with Crippen LogP contribution in [0, 0.1) is 0 Å². The third-order valence-corrected chi connectivity index (χ3v) is 4.50. The van der Waals surface area contributed by atoms with Crippen molar-refractivity contribution in [1.82, 2.24) is 4.90 Å². The van der Waals surface area contributed by atoms with Crippen molar-refractivity contribution in [2.45, 2.75) is 25.1 Å². The first-order valence-corrected chi connectivity index (χ1v) is 7.16. The molecule has 0 N–H and O–H groups in total. The first-order chi connectivity index (χ1) is 7.75. The van der Waals surface area contributed by atoms with Crippen molar-refractivity contribution in [2.75, 3.05) is 6.54 Å². The number of thiophene rings is 1. The third kappa shape index (κ3) is 3.12. The van der Waals surface area contributed by atoms with Crippen LogP contribution >= 0.6 is 23.1 Å². The van der Waals surface area contributed by atoms with Gasteiger partial charge in [-0.3, -0.25) is 4.79 Å². The summed E-state index contributed by atoms with van der Waals surface area (Å²) in [5.74, 6) is 0.168. The van der Waals surface area contributed by atoms with Crippen LogP contribution in [0.4, 0.5) is 0 Å². The molecule has 2 heterocycles. The fourth-order valence-electron chi connectivity index (χ4n) is 1.69. The molecule has 0 bridgehead atoms. The number of carbonyl (C=O) groups excluding carboxylic acids is 1. The van der Waals surface area contributed by atoms with Crippen LogP contribution < -0.4 is 0 Å². The quantitative estimate of drug-likeness (QED) is 0.821. The van der Waals surface area contributed by atoms with Crippen LogP contribution in [0.15, 0.2) is 29.0 Å². The summed E-state index contributed by atoms with van der Waals surface area (Å²) >= 11 is 3.54. The Morgan fingerprint density at radius 1 is 1.62 bits per heavy atom. The van der Waals surface area contributed by atoms with E-state index in [4.69, 9.17) is 0 Å². The van der Waals surface area contributed by atoms with E-state index in [2.05, 4.69) is 22.9 Å². The molecule has 0 spiro atoms. The molecule has 1 unspecified atom stereocenters. The van der Waals surface area contributed by atoms with Crippen LogP contribution in [0.25, 0.3) is 0 Å². The molecule has 1 aliphatic heterocycles. The minimum atomic E-state index is 0.168. The molecular weight excluding hydrogens is 238 g/mol. The fraction of sp³-hybridized carbons (Fsp3) is 0.417. The SMILES string of the molecule is CC(=O)N(Cc1cccs1)CC1CC=CS1. The Kier molecular flexibility index (Phi) is 4.07. The molecule has 2 nitrogen and oxygen atoms in total. The number of carbonyl (C=O) groups is 1. The lowest BCUT2D eigenvalue weighted by Gasteiger charge is -2.23. The highest BCUT2D eigenvalue weighted by Gasteiger charge is 2.18. The number of hydrogen-bond donors (Lipinski definition) is 0. The normalized spacial score (nSPS) is 18.9. The van der Waals surface area contributed by atoms with Crippen molar-refractivity contribution in [1.29, 1.82) is 0 Å². The Morgan fingerprint density at radius 3 is 3.06 bits per heavy atom. The van der Waals surface area contributed by atoms with Crippen LogP contribution in [0.3, 0.4) is 0 Å². The average Bonchev–Trinajstić information content (AvgIpc) is 2.88. The van der Waals surface area contributed by atoms with Crippen LogP contribution in [-0.2, 0) is 11.3 Å². The van der Waals surface area contributed by atoms with Gasteiger partial charge in [-0.2, -0.15) is 0 Å². The summed E-state index contributed by atoms with van der Waals surface area (Å²) in [6.45, 7) is 3.26. The van der Waals surface area contributed by atoms with Gasteiger partial charge in [0, 0.05) is 23.6 Å². The molecule has 1 atom stereocenters. The molecule has 0 saturated heterocycles. The molecule has 1 amide bonds. The fourth-order valence-corrected chi connectivity index (χ4v) is 3.34. The summed E-state index contributed by atoms with van der Waals surface area (Å²) in [5.41, 5.74) is 0. The highest BCUT2D eigenvalue weighted by molar-refractivity contribution is 8.03. The molecule has 1 aromatic heterocycles. The Morgan fingerprint density at radius 2 is 2.50 bits per heavy atom. The average molecular weight is 253 g/mol. The van der Waals surface area contributed by atoms with E-state index in [1.807, 2.05) is 22.7 Å². The number of rotatable bonds is 4. The molecule has 0 saturated carbocycles. The number of thioether (sulfide) groups is 1. The lowest BCUT2D eigenvalue weighted by molar-refractivity contribution is -0.129. The van der Waals surface area contributed by atoms with Crippen molar-refractivity contribution >= 4 is 29.0 Å².